The third-order valence-corrected chi connectivity index (χ3v) is 4.34. The van der Waals surface area contributed by atoms with Crippen LogP contribution in [0.15, 0.2) is 34.7 Å². The number of rotatable bonds is 4. The van der Waals surface area contributed by atoms with E-state index in [1.165, 1.54) is 11.3 Å². The van der Waals surface area contributed by atoms with Crippen LogP contribution in [0, 0.1) is 0 Å². The molecule has 0 bridgehead atoms. The summed E-state index contributed by atoms with van der Waals surface area (Å²) in [5.74, 6) is 0.624. The summed E-state index contributed by atoms with van der Waals surface area (Å²) in [7, 11) is 0. The molecule has 0 aliphatic heterocycles. The van der Waals surface area contributed by atoms with E-state index >= 15 is 0 Å². The molecule has 0 amide bonds. The molecule has 0 aromatic carbocycles. The summed E-state index contributed by atoms with van der Waals surface area (Å²) in [6.45, 7) is 6.62. The number of fused-ring (bicyclic) bond motifs is 1. The molecule has 0 saturated carbocycles. The lowest BCUT2D eigenvalue weighted by Gasteiger charge is -2.14. The van der Waals surface area contributed by atoms with Crippen molar-refractivity contribution in [3.63, 3.8) is 0 Å². The minimum absolute atomic E-state index is 0.00999. The van der Waals surface area contributed by atoms with E-state index in [0.29, 0.717) is 17.2 Å². The molecule has 0 fully saturated rings. The molecule has 3 heterocycles. The topological polar surface area (TPSA) is 59.8 Å². The summed E-state index contributed by atoms with van der Waals surface area (Å²) in [6.07, 6.45) is 3.53. The molecular formula is C16H18N4OS. The summed E-state index contributed by atoms with van der Waals surface area (Å²) >= 11 is 1.44. The first-order valence-corrected chi connectivity index (χ1v) is 8.18. The van der Waals surface area contributed by atoms with Crippen LogP contribution >= 0.6 is 11.3 Å². The van der Waals surface area contributed by atoms with E-state index in [4.69, 9.17) is 4.98 Å². The zero-order chi connectivity index (χ0) is 15.7. The minimum atomic E-state index is 0.00999. The molecule has 0 aliphatic rings. The Labute approximate surface area is 132 Å². The number of hydrogen-bond acceptors (Lipinski definition) is 5. The van der Waals surface area contributed by atoms with Crippen LogP contribution in [-0.4, -0.2) is 20.6 Å². The van der Waals surface area contributed by atoms with Crippen LogP contribution in [0.5, 0.6) is 0 Å². The minimum Gasteiger partial charge on any atom is -0.353 e. The first-order chi connectivity index (χ1) is 10.6. The molecule has 1 N–H and O–H groups in total. The van der Waals surface area contributed by atoms with Crippen LogP contribution < -0.4 is 10.9 Å². The molecule has 0 spiro atoms. The van der Waals surface area contributed by atoms with Gasteiger partial charge in [-0.3, -0.25) is 14.3 Å². The maximum atomic E-state index is 12.7. The van der Waals surface area contributed by atoms with Gasteiger partial charge in [0.1, 0.15) is 4.70 Å². The van der Waals surface area contributed by atoms with E-state index in [0.717, 1.165) is 16.6 Å². The van der Waals surface area contributed by atoms with Gasteiger partial charge in [-0.25, -0.2) is 4.98 Å². The SMILES string of the molecule is CCn1c(NC(C)C)nc2c(-c3cccnc3)csc2c1=O. The second-order valence-corrected chi connectivity index (χ2v) is 6.23. The highest BCUT2D eigenvalue weighted by atomic mass is 32.1. The van der Waals surface area contributed by atoms with Crippen LogP contribution in [0.3, 0.4) is 0 Å². The maximum absolute atomic E-state index is 12.7. The van der Waals surface area contributed by atoms with Gasteiger partial charge in [-0.05, 0) is 26.8 Å². The number of hydrogen-bond donors (Lipinski definition) is 1. The van der Waals surface area contributed by atoms with Crippen molar-refractivity contribution in [2.45, 2.75) is 33.4 Å². The summed E-state index contributed by atoms with van der Waals surface area (Å²) in [4.78, 5) is 21.6. The van der Waals surface area contributed by atoms with Crippen molar-refractivity contribution in [3.05, 3.63) is 40.3 Å². The van der Waals surface area contributed by atoms with E-state index in [2.05, 4.69) is 10.3 Å². The second-order valence-electron chi connectivity index (χ2n) is 5.35. The molecule has 3 aromatic rings. The molecule has 22 heavy (non-hydrogen) atoms. The van der Waals surface area contributed by atoms with Gasteiger partial charge >= 0.3 is 0 Å². The zero-order valence-corrected chi connectivity index (χ0v) is 13.6. The third kappa shape index (κ3) is 2.50. The number of nitrogens with zero attached hydrogens (tertiary/aromatic N) is 3. The third-order valence-electron chi connectivity index (χ3n) is 3.38. The molecule has 0 atom stereocenters. The van der Waals surface area contributed by atoms with Gasteiger partial charge in [0.2, 0.25) is 5.95 Å². The van der Waals surface area contributed by atoms with Gasteiger partial charge in [0.25, 0.3) is 5.56 Å². The van der Waals surface area contributed by atoms with Crippen LogP contribution in [0.4, 0.5) is 5.95 Å². The molecule has 6 heteroatoms. The van der Waals surface area contributed by atoms with Gasteiger partial charge in [-0.2, -0.15) is 0 Å². The number of pyridine rings is 1. The lowest BCUT2D eigenvalue weighted by atomic mass is 10.1. The fourth-order valence-electron chi connectivity index (χ4n) is 2.39. The highest BCUT2D eigenvalue weighted by molar-refractivity contribution is 7.17. The smallest absolute Gasteiger partial charge is 0.272 e. The molecule has 114 valence electrons. The largest absolute Gasteiger partial charge is 0.353 e. The van der Waals surface area contributed by atoms with Gasteiger partial charge in [0.05, 0.1) is 5.52 Å². The van der Waals surface area contributed by atoms with Crippen LogP contribution in [-0.2, 0) is 6.54 Å². The van der Waals surface area contributed by atoms with E-state index in [9.17, 15) is 4.79 Å². The van der Waals surface area contributed by atoms with E-state index in [1.54, 1.807) is 17.0 Å². The average molecular weight is 314 g/mol. The Kier molecular flexibility index (Phi) is 3.94. The Morgan fingerprint density at radius 3 is 2.86 bits per heavy atom. The second kappa shape index (κ2) is 5.88. The fourth-order valence-corrected chi connectivity index (χ4v) is 3.35. The molecule has 0 unspecified atom stereocenters. The summed E-state index contributed by atoms with van der Waals surface area (Å²) in [5, 5.41) is 5.25. The zero-order valence-electron chi connectivity index (χ0n) is 12.8. The quantitative estimate of drug-likeness (QED) is 0.802. The molecule has 3 aromatic heterocycles. The highest BCUT2D eigenvalue weighted by Gasteiger charge is 2.16. The fraction of sp³-hybridized carbons (Fsp3) is 0.312. The monoisotopic (exact) mass is 314 g/mol. The Bertz CT molecular complexity index is 852. The highest BCUT2D eigenvalue weighted by Crippen LogP contribution is 2.31. The van der Waals surface area contributed by atoms with Crippen LogP contribution in [0.2, 0.25) is 0 Å². The first kappa shape index (κ1) is 14.7. The van der Waals surface area contributed by atoms with Crippen molar-refractivity contribution in [2.24, 2.45) is 0 Å². The molecular weight excluding hydrogens is 296 g/mol. The standard InChI is InChI=1S/C16H18N4OS/c1-4-20-15(21)14-13(19-16(20)18-10(2)3)12(9-22-14)11-6-5-7-17-8-11/h5-10H,4H2,1-3H3,(H,18,19). The van der Waals surface area contributed by atoms with Gasteiger partial charge in [0, 0.05) is 41.5 Å². The predicted octanol–water partition coefficient (Wildman–Crippen LogP) is 3.36. The Hall–Kier alpha value is -2.21. The Balaban J connectivity index is 2.27. The van der Waals surface area contributed by atoms with Gasteiger partial charge < -0.3 is 5.32 Å². The molecule has 3 rings (SSSR count). The van der Waals surface area contributed by atoms with Crippen molar-refractivity contribution < 1.29 is 0 Å². The lowest BCUT2D eigenvalue weighted by molar-refractivity contribution is 0.710. The molecule has 5 nitrogen and oxygen atoms in total. The first-order valence-electron chi connectivity index (χ1n) is 7.30. The number of aromatic nitrogens is 3. The molecule has 0 saturated heterocycles. The average Bonchev–Trinajstić information content (AvgIpc) is 2.92. The normalized spacial score (nSPS) is 11.3. The summed E-state index contributed by atoms with van der Waals surface area (Å²) in [6, 6.07) is 4.08. The lowest BCUT2D eigenvalue weighted by Crippen LogP contribution is -2.26. The van der Waals surface area contributed by atoms with E-state index in [1.807, 2.05) is 38.3 Å². The summed E-state index contributed by atoms with van der Waals surface area (Å²) in [5.41, 5.74) is 2.69. The molecule has 0 radical (unpaired) electrons. The van der Waals surface area contributed by atoms with Crippen LogP contribution in [0.1, 0.15) is 20.8 Å². The van der Waals surface area contributed by atoms with E-state index in [-0.39, 0.29) is 11.6 Å². The predicted molar refractivity (Wildman–Crippen MR) is 91.5 cm³/mol. The van der Waals surface area contributed by atoms with Crippen molar-refractivity contribution in [2.75, 3.05) is 5.32 Å². The maximum Gasteiger partial charge on any atom is 0.272 e. The van der Waals surface area contributed by atoms with Crippen molar-refractivity contribution >= 4 is 27.5 Å². The molecule has 0 aliphatic carbocycles. The Morgan fingerprint density at radius 1 is 1.41 bits per heavy atom. The van der Waals surface area contributed by atoms with Crippen LogP contribution in [0.25, 0.3) is 21.3 Å². The van der Waals surface area contributed by atoms with Gasteiger partial charge in [0.15, 0.2) is 0 Å². The van der Waals surface area contributed by atoms with Crippen molar-refractivity contribution in [3.8, 4) is 11.1 Å². The summed E-state index contributed by atoms with van der Waals surface area (Å²) < 4.78 is 2.38. The number of thiophene rings is 1. The van der Waals surface area contributed by atoms with Crippen molar-refractivity contribution in [1.82, 2.24) is 14.5 Å². The van der Waals surface area contributed by atoms with E-state index < -0.39 is 0 Å². The van der Waals surface area contributed by atoms with Crippen molar-refractivity contribution in [1.29, 1.82) is 0 Å². The van der Waals surface area contributed by atoms with Gasteiger partial charge in [-0.1, -0.05) is 6.07 Å². The number of anilines is 1. The Morgan fingerprint density at radius 2 is 2.23 bits per heavy atom. The van der Waals surface area contributed by atoms with Gasteiger partial charge in [-0.15, -0.1) is 11.3 Å². The number of nitrogens with one attached hydrogen (secondary N) is 1.